The second-order valence-corrected chi connectivity index (χ2v) is 7.52. The third-order valence-electron chi connectivity index (χ3n) is 3.75. The zero-order valence-electron chi connectivity index (χ0n) is 12.8. The van der Waals surface area contributed by atoms with Crippen molar-refractivity contribution in [1.29, 1.82) is 0 Å². The van der Waals surface area contributed by atoms with Crippen molar-refractivity contribution in [2.75, 3.05) is 25.5 Å². The van der Waals surface area contributed by atoms with E-state index >= 15 is 0 Å². The molecule has 1 N–H and O–H groups in total. The predicted octanol–water partition coefficient (Wildman–Crippen LogP) is 1.84. The molecule has 0 radical (unpaired) electrons. The van der Waals surface area contributed by atoms with Crippen LogP contribution in [-0.4, -0.2) is 38.9 Å². The minimum Gasteiger partial charge on any atom is -0.444 e. The Balaban J connectivity index is 1.50. The minimum absolute atomic E-state index is 0.101. The average molecular weight is 336 g/mol. The van der Waals surface area contributed by atoms with Gasteiger partial charge in [-0.3, -0.25) is 0 Å². The third-order valence-corrected chi connectivity index (χ3v) is 5.31. The van der Waals surface area contributed by atoms with Crippen LogP contribution in [0.4, 0.5) is 0 Å². The lowest BCUT2D eigenvalue weighted by Gasteiger charge is -2.09. The van der Waals surface area contributed by atoms with Crippen molar-refractivity contribution in [3.8, 4) is 11.5 Å². The molecule has 0 unspecified atom stereocenters. The van der Waals surface area contributed by atoms with Gasteiger partial charge in [0.25, 0.3) is 0 Å². The molecule has 0 amide bonds. The van der Waals surface area contributed by atoms with Gasteiger partial charge < -0.3 is 9.15 Å². The van der Waals surface area contributed by atoms with Gasteiger partial charge in [0, 0.05) is 25.1 Å². The van der Waals surface area contributed by atoms with E-state index in [0.717, 1.165) is 17.7 Å². The molecule has 0 bridgehead atoms. The van der Waals surface area contributed by atoms with Crippen LogP contribution in [0.1, 0.15) is 12.1 Å². The largest absolute Gasteiger partial charge is 0.444 e. The standard InChI is InChI=1S/C16H20N2O4S/c19-23(20,12-13-7-9-21-10-13)17-8-6-15-11-22-16(18-15)14-4-2-1-3-5-14/h1-5,11,13,17H,6-10,12H2/t13-/m0/s1. The fourth-order valence-corrected chi connectivity index (χ4v) is 3.97. The van der Waals surface area contributed by atoms with Crippen LogP contribution in [0.5, 0.6) is 0 Å². The molecule has 1 aliphatic rings. The number of hydrogen-bond donors (Lipinski definition) is 1. The van der Waals surface area contributed by atoms with Gasteiger partial charge in [-0.2, -0.15) is 0 Å². The van der Waals surface area contributed by atoms with Crippen LogP contribution >= 0.6 is 0 Å². The summed E-state index contributed by atoms with van der Waals surface area (Å²) in [5.41, 5.74) is 1.64. The Morgan fingerprint density at radius 2 is 2.09 bits per heavy atom. The highest BCUT2D eigenvalue weighted by molar-refractivity contribution is 7.89. The smallest absolute Gasteiger partial charge is 0.226 e. The highest BCUT2D eigenvalue weighted by atomic mass is 32.2. The van der Waals surface area contributed by atoms with E-state index in [-0.39, 0.29) is 11.7 Å². The molecule has 0 aliphatic carbocycles. The van der Waals surface area contributed by atoms with Crippen LogP contribution in [-0.2, 0) is 21.2 Å². The molecule has 0 saturated carbocycles. The summed E-state index contributed by atoms with van der Waals surface area (Å²) in [5, 5.41) is 0. The highest BCUT2D eigenvalue weighted by Crippen LogP contribution is 2.18. The predicted molar refractivity (Wildman–Crippen MR) is 86.4 cm³/mol. The Labute approximate surface area is 135 Å². The maximum atomic E-state index is 12.0. The monoisotopic (exact) mass is 336 g/mol. The third kappa shape index (κ3) is 4.63. The van der Waals surface area contributed by atoms with Crippen molar-refractivity contribution in [2.45, 2.75) is 12.8 Å². The summed E-state index contributed by atoms with van der Waals surface area (Å²) in [4.78, 5) is 4.38. The molecule has 1 atom stereocenters. The van der Waals surface area contributed by atoms with Gasteiger partial charge in [0.1, 0.15) is 6.26 Å². The summed E-state index contributed by atoms with van der Waals surface area (Å²) in [6.07, 6.45) is 2.88. The van der Waals surface area contributed by atoms with Gasteiger partial charge in [0.15, 0.2) is 0 Å². The Morgan fingerprint density at radius 3 is 2.83 bits per heavy atom. The normalized spacial score (nSPS) is 18.3. The number of ether oxygens (including phenoxy) is 1. The summed E-state index contributed by atoms with van der Waals surface area (Å²) < 4.78 is 37.2. The van der Waals surface area contributed by atoms with Crippen LogP contribution in [0.2, 0.25) is 0 Å². The molecule has 124 valence electrons. The average Bonchev–Trinajstić information content (AvgIpc) is 3.19. The van der Waals surface area contributed by atoms with Crippen LogP contribution in [0, 0.1) is 5.92 Å². The van der Waals surface area contributed by atoms with Gasteiger partial charge in [-0.15, -0.1) is 0 Å². The van der Waals surface area contributed by atoms with E-state index in [2.05, 4.69) is 9.71 Å². The first kappa shape index (κ1) is 16.2. The second-order valence-electron chi connectivity index (χ2n) is 5.67. The summed E-state index contributed by atoms with van der Waals surface area (Å²) in [5.74, 6) is 0.775. The number of hydrogen-bond acceptors (Lipinski definition) is 5. The SMILES string of the molecule is O=S(=O)(C[C@H]1CCOC1)NCCc1coc(-c2ccccc2)n1. The number of nitrogens with zero attached hydrogens (tertiary/aromatic N) is 1. The summed E-state index contributed by atoms with van der Waals surface area (Å²) >= 11 is 0. The van der Waals surface area contributed by atoms with Crippen molar-refractivity contribution < 1.29 is 17.6 Å². The number of rotatable bonds is 7. The molecule has 1 aliphatic heterocycles. The van der Waals surface area contributed by atoms with E-state index in [4.69, 9.17) is 9.15 Å². The zero-order valence-corrected chi connectivity index (χ0v) is 13.6. The fourth-order valence-electron chi connectivity index (χ4n) is 2.55. The van der Waals surface area contributed by atoms with Crippen molar-refractivity contribution in [3.05, 3.63) is 42.3 Å². The number of aromatic nitrogens is 1. The van der Waals surface area contributed by atoms with E-state index in [0.29, 0.717) is 32.1 Å². The van der Waals surface area contributed by atoms with E-state index in [1.807, 2.05) is 30.3 Å². The topological polar surface area (TPSA) is 81.4 Å². The first-order valence-electron chi connectivity index (χ1n) is 7.67. The molecule has 1 aromatic carbocycles. The molecule has 1 fully saturated rings. The van der Waals surface area contributed by atoms with Crippen molar-refractivity contribution in [1.82, 2.24) is 9.71 Å². The molecule has 0 spiro atoms. The van der Waals surface area contributed by atoms with Gasteiger partial charge in [-0.05, 0) is 24.5 Å². The van der Waals surface area contributed by atoms with Crippen LogP contribution in [0.15, 0.2) is 41.0 Å². The summed E-state index contributed by atoms with van der Waals surface area (Å²) in [6, 6.07) is 9.60. The quantitative estimate of drug-likeness (QED) is 0.834. The first-order chi connectivity index (χ1) is 11.1. The first-order valence-corrected chi connectivity index (χ1v) is 9.32. The van der Waals surface area contributed by atoms with Crippen molar-refractivity contribution >= 4 is 10.0 Å². The molecular weight excluding hydrogens is 316 g/mol. The van der Waals surface area contributed by atoms with Gasteiger partial charge in [-0.1, -0.05) is 18.2 Å². The summed E-state index contributed by atoms with van der Waals surface area (Å²) in [6.45, 7) is 1.50. The molecule has 6 nitrogen and oxygen atoms in total. The van der Waals surface area contributed by atoms with Gasteiger partial charge in [-0.25, -0.2) is 18.1 Å². The molecule has 2 heterocycles. The maximum Gasteiger partial charge on any atom is 0.226 e. The summed E-state index contributed by atoms with van der Waals surface area (Å²) in [7, 11) is -3.27. The number of benzene rings is 1. The van der Waals surface area contributed by atoms with E-state index in [1.54, 1.807) is 6.26 Å². The molecule has 23 heavy (non-hydrogen) atoms. The van der Waals surface area contributed by atoms with Crippen LogP contribution in [0.3, 0.4) is 0 Å². The van der Waals surface area contributed by atoms with Crippen LogP contribution < -0.4 is 4.72 Å². The lowest BCUT2D eigenvalue weighted by molar-refractivity contribution is 0.188. The second kappa shape index (κ2) is 7.25. The van der Waals surface area contributed by atoms with Gasteiger partial charge in [0.05, 0.1) is 18.1 Å². The number of sulfonamides is 1. The Bertz CT molecular complexity index is 722. The van der Waals surface area contributed by atoms with E-state index in [9.17, 15) is 8.42 Å². The molecule has 1 saturated heterocycles. The zero-order chi connectivity index (χ0) is 16.1. The minimum atomic E-state index is -3.27. The lowest BCUT2D eigenvalue weighted by atomic mass is 10.2. The van der Waals surface area contributed by atoms with E-state index in [1.165, 1.54) is 0 Å². The van der Waals surface area contributed by atoms with Crippen molar-refractivity contribution in [3.63, 3.8) is 0 Å². The van der Waals surface area contributed by atoms with Gasteiger partial charge >= 0.3 is 0 Å². The maximum absolute atomic E-state index is 12.0. The van der Waals surface area contributed by atoms with E-state index < -0.39 is 10.0 Å². The molecule has 7 heteroatoms. The number of nitrogens with one attached hydrogen (secondary N) is 1. The molecule has 3 rings (SSSR count). The Hall–Kier alpha value is -1.70. The molecular formula is C16H20N2O4S. The lowest BCUT2D eigenvalue weighted by Crippen LogP contribution is -2.31. The highest BCUT2D eigenvalue weighted by Gasteiger charge is 2.22. The van der Waals surface area contributed by atoms with Crippen LogP contribution in [0.25, 0.3) is 11.5 Å². The Morgan fingerprint density at radius 1 is 1.26 bits per heavy atom. The molecule has 2 aromatic rings. The number of oxazole rings is 1. The Kier molecular flexibility index (Phi) is 5.09. The molecule has 1 aromatic heterocycles. The fraction of sp³-hybridized carbons (Fsp3) is 0.438. The van der Waals surface area contributed by atoms with Crippen molar-refractivity contribution in [2.24, 2.45) is 5.92 Å². The van der Waals surface area contributed by atoms with Gasteiger partial charge in [0.2, 0.25) is 15.9 Å².